The molecule has 0 heterocycles. The van der Waals surface area contributed by atoms with Crippen LogP contribution in [0.15, 0.2) is 303 Å². The Bertz CT molecular complexity index is 5240. The van der Waals surface area contributed by atoms with Gasteiger partial charge in [0.2, 0.25) is 0 Å². The summed E-state index contributed by atoms with van der Waals surface area (Å²) in [4.78, 5) is 0. The van der Waals surface area contributed by atoms with Gasteiger partial charge in [0.05, 0.1) is 0 Å². The monoisotopic (exact) mass is 1200 g/mol. The van der Waals surface area contributed by atoms with Gasteiger partial charge in [-0.2, -0.15) is 0 Å². The molecule has 0 nitrogen and oxygen atoms in total. The standard InChI is InChI=1S/C17H14.2C16H16.2C15H12.C14H12/c1-13-7-8-17-12-16(10-9-15(17)11-13)14-5-3-2-4-6-14;1-11-8-9-15-13(10-11)12-6-4-5-7-14(12)16(15,2)3;1-11-8-9-13-12-6-4-5-7-14(12)16(2,3)15(13)10-11;1-11-10-12-6-2-3-8-14(12)15-9-5-4-7-13(11)15;1-11-6-9-15-13(10-11)8-7-12-4-2-3-5-14(12)15;1-10-6-7-14-12(8-10)9-11-4-2-3-5-13(11)14/h2-12H,1H3;2*4-10H,1-3H3;2*2-10H,1H3;2-8H,9H2,1H3. The van der Waals surface area contributed by atoms with E-state index in [9.17, 15) is 0 Å². The van der Waals surface area contributed by atoms with Crippen LogP contribution in [-0.4, -0.2) is 0 Å². The zero-order valence-corrected chi connectivity index (χ0v) is 55.6. The molecule has 0 bridgehead atoms. The number of fused-ring (bicyclic) bond motifs is 16. The van der Waals surface area contributed by atoms with Crippen LogP contribution in [0.1, 0.15) is 94.5 Å². The van der Waals surface area contributed by atoms with Gasteiger partial charge in [0, 0.05) is 10.8 Å². The quantitative estimate of drug-likeness (QED) is 0.144. The molecule has 0 N–H and O–H groups in total. The summed E-state index contributed by atoms with van der Waals surface area (Å²) < 4.78 is 0. The Morgan fingerprint density at radius 1 is 0.215 bits per heavy atom. The summed E-state index contributed by atoms with van der Waals surface area (Å²) in [6.07, 6.45) is 1.10. The Morgan fingerprint density at radius 2 is 0.634 bits per heavy atom. The average molecular weight is 1200 g/mol. The summed E-state index contributed by atoms with van der Waals surface area (Å²) >= 11 is 0. The van der Waals surface area contributed by atoms with Crippen molar-refractivity contribution in [1.82, 2.24) is 0 Å². The fraction of sp³-hybridized carbons (Fsp3) is 0.140. The van der Waals surface area contributed by atoms with Crippen LogP contribution in [0.2, 0.25) is 0 Å². The first-order valence-electron chi connectivity index (χ1n) is 33.0. The van der Waals surface area contributed by atoms with Gasteiger partial charge < -0.3 is 0 Å². The van der Waals surface area contributed by atoms with Gasteiger partial charge in [0.1, 0.15) is 0 Å². The van der Waals surface area contributed by atoms with E-state index in [1.54, 1.807) is 0 Å². The van der Waals surface area contributed by atoms with E-state index >= 15 is 0 Å². The second-order valence-electron chi connectivity index (χ2n) is 26.8. The number of benzene rings is 15. The molecule has 0 atom stereocenters. The zero-order valence-electron chi connectivity index (χ0n) is 55.6. The minimum atomic E-state index is 0.151. The van der Waals surface area contributed by atoms with Crippen LogP contribution in [0.3, 0.4) is 0 Å². The lowest BCUT2D eigenvalue weighted by atomic mass is 9.82. The van der Waals surface area contributed by atoms with E-state index in [0.29, 0.717) is 0 Å². The van der Waals surface area contributed by atoms with Gasteiger partial charge in [-0.05, 0) is 191 Å². The number of aryl methyl sites for hydroxylation is 6. The molecule has 3 aliphatic carbocycles. The van der Waals surface area contributed by atoms with Gasteiger partial charge in [-0.25, -0.2) is 0 Å². The van der Waals surface area contributed by atoms with Crippen LogP contribution in [0.25, 0.3) is 98.4 Å². The molecule has 18 rings (SSSR count). The average Bonchev–Trinajstić information content (AvgIpc) is 1.62. The van der Waals surface area contributed by atoms with E-state index < -0.39 is 0 Å². The lowest BCUT2D eigenvalue weighted by molar-refractivity contribution is 0.660. The first kappa shape index (κ1) is 61.5. The van der Waals surface area contributed by atoms with Crippen LogP contribution in [0, 0.1) is 41.5 Å². The summed E-state index contributed by atoms with van der Waals surface area (Å²) in [7, 11) is 0. The van der Waals surface area contributed by atoms with Crippen molar-refractivity contribution in [2.75, 3.05) is 0 Å². The lowest BCUT2D eigenvalue weighted by Gasteiger charge is -2.21. The minimum absolute atomic E-state index is 0.151. The molecule has 0 amide bonds. The van der Waals surface area contributed by atoms with E-state index in [1.165, 1.54) is 165 Å². The second kappa shape index (κ2) is 26.1. The highest BCUT2D eigenvalue weighted by Gasteiger charge is 2.36. The summed E-state index contributed by atoms with van der Waals surface area (Å²) in [6.45, 7) is 22.2. The van der Waals surface area contributed by atoms with Crippen molar-refractivity contribution in [2.45, 2.75) is 86.5 Å². The van der Waals surface area contributed by atoms with E-state index in [4.69, 9.17) is 0 Å². The molecule has 0 aliphatic heterocycles. The highest BCUT2D eigenvalue weighted by atomic mass is 14.4. The fourth-order valence-electron chi connectivity index (χ4n) is 14.5. The van der Waals surface area contributed by atoms with Gasteiger partial charge in [-0.3, -0.25) is 0 Å². The summed E-state index contributed by atoms with van der Waals surface area (Å²) in [5.74, 6) is 0. The van der Waals surface area contributed by atoms with Gasteiger partial charge in [0.15, 0.2) is 0 Å². The third kappa shape index (κ3) is 12.6. The maximum absolute atomic E-state index is 2.33. The van der Waals surface area contributed by atoms with Crippen LogP contribution < -0.4 is 0 Å². The molecule has 0 saturated heterocycles. The number of rotatable bonds is 1. The Labute approximate surface area is 551 Å². The maximum Gasteiger partial charge on any atom is 0.0158 e. The molecule has 15 aromatic carbocycles. The van der Waals surface area contributed by atoms with Gasteiger partial charge in [-0.15, -0.1) is 0 Å². The van der Waals surface area contributed by atoms with Crippen molar-refractivity contribution in [1.29, 1.82) is 0 Å². The Hall–Kier alpha value is -10.4. The number of hydrogen-bond acceptors (Lipinski definition) is 0. The first-order valence-corrected chi connectivity index (χ1v) is 33.0. The van der Waals surface area contributed by atoms with E-state index in [-0.39, 0.29) is 10.8 Å². The summed E-state index contributed by atoms with van der Waals surface area (Å²) in [6, 6.07) is 109. The fourth-order valence-corrected chi connectivity index (χ4v) is 14.5. The van der Waals surface area contributed by atoms with Crippen LogP contribution in [0.5, 0.6) is 0 Å². The van der Waals surface area contributed by atoms with Crippen LogP contribution in [-0.2, 0) is 17.3 Å². The molecule has 93 heavy (non-hydrogen) atoms. The molecular formula is C93H82. The lowest BCUT2D eigenvalue weighted by Crippen LogP contribution is -2.14. The molecule has 0 aromatic heterocycles. The van der Waals surface area contributed by atoms with E-state index in [0.717, 1.165) is 6.42 Å². The smallest absolute Gasteiger partial charge is 0.0158 e. The first-order chi connectivity index (χ1) is 45.1. The van der Waals surface area contributed by atoms with Crippen LogP contribution >= 0.6 is 0 Å². The number of hydrogen-bond donors (Lipinski definition) is 0. The molecule has 454 valence electrons. The molecule has 0 radical (unpaired) electrons. The molecule has 15 aromatic rings. The van der Waals surface area contributed by atoms with Crippen molar-refractivity contribution in [3.05, 3.63) is 370 Å². The van der Waals surface area contributed by atoms with E-state index in [1.807, 2.05) is 6.07 Å². The Balaban J connectivity index is 0.000000102. The Kier molecular flexibility index (Phi) is 17.2. The SMILES string of the molecule is Cc1cc2ccccc2c2ccccc12.Cc1ccc2c(c1)-c1ccccc1C2(C)C.Cc1ccc2c(c1)C(C)(C)c1ccccc1-2.Cc1ccc2c(c1)Cc1ccccc1-2.Cc1ccc2c(ccc3ccccc32)c1.Cc1ccc2cc(-c3ccccc3)ccc2c1. The van der Waals surface area contributed by atoms with Crippen molar-refractivity contribution in [3.8, 4) is 44.5 Å². The normalized spacial score (nSPS) is 12.8. The molecular weight excluding hydrogens is 1120 g/mol. The second-order valence-corrected chi connectivity index (χ2v) is 26.8. The molecule has 0 heteroatoms. The maximum atomic E-state index is 2.33. The highest BCUT2D eigenvalue weighted by Crippen LogP contribution is 2.50. The van der Waals surface area contributed by atoms with Crippen molar-refractivity contribution >= 4 is 53.9 Å². The van der Waals surface area contributed by atoms with Gasteiger partial charge in [-0.1, -0.05) is 353 Å². The topological polar surface area (TPSA) is 0 Å². The summed E-state index contributed by atoms with van der Waals surface area (Å²) in [5, 5.41) is 13.3. The summed E-state index contributed by atoms with van der Waals surface area (Å²) in [5.41, 5.74) is 28.1. The van der Waals surface area contributed by atoms with Crippen molar-refractivity contribution < 1.29 is 0 Å². The molecule has 0 spiro atoms. The predicted octanol–water partition coefficient (Wildman–Crippen LogP) is 25.6. The minimum Gasteiger partial charge on any atom is -0.0622 e. The largest absolute Gasteiger partial charge is 0.0622 e. The van der Waals surface area contributed by atoms with E-state index in [2.05, 4.69) is 366 Å². The highest BCUT2D eigenvalue weighted by molar-refractivity contribution is 6.09. The van der Waals surface area contributed by atoms with Crippen molar-refractivity contribution in [2.24, 2.45) is 0 Å². The molecule has 0 fully saturated rings. The third-order valence-corrected chi connectivity index (χ3v) is 19.4. The Morgan fingerprint density at radius 3 is 1.37 bits per heavy atom. The van der Waals surface area contributed by atoms with Gasteiger partial charge >= 0.3 is 0 Å². The molecule has 3 aliphatic rings. The third-order valence-electron chi connectivity index (χ3n) is 19.4. The van der Waals surface area contributed by atoms with Crippen LogP contribution in [0.4, 0.5) is 0 Å². The zero-order chi connectivity index (χ0) is 64.4. The molecule has 0 unspecified atom stereocenters. The van der Waals surface area contributed by atoms with Crippen molar-refractivity contribution in [3.63, 3.8) is 0 Å². The van der Waals surface area contributed by atoms with Gasteiger partial charge in [0.25, 0.3) is 0 Å². The molecule has 0 saturated carbocycles. The predicted molar refractivity (Wildman–Crippen MR) is 403 cm³/mol.